The molecule has 21 heavy (non-hydrogen) atoms. The van der Waals surface area contributed by atoms with Crippen LogP contribution in [-0.2, 0) is 0 Å². The summed E-state index contributed by atoms with van der Waals surface area (Å²) in [6, 6.07) is 9.20. The number of benzene rings is 1. The van der Waals surface area contributed by atoms with Crippen LogP contribution in [0.5, 0.6) is 0 Å². The fourth-order valence-electron chi connectivity index (χ4n) is 2.11. The van der Waals surface area contributed by atoms with Crippen LogP contribution in [0.4, 0.5) is 17.2 Å². The molecule has 0 unspecified atom stereocenters. The number of hydrogen-bond donors (Lipinski definition) is 1. The summed E-state index contributed by atoms with van der Waals surface area (Å²) in [4.78, 5) is 30.7. The first kappa shape index (κ1) is 14.7. The van der Waals surface area contributed by atoms with Crippen molar-refractivity contribution in [3.05, 3.63) is 56.6 Å². The third-order valence-electron chi connectivity index (χ3n) is 2.95. The molecule has 0 aliphatic rings. The molecule has 2 aromatic rings. The Kier molecular flexibility index (Phi) is 4.32. The normalized spacial score (nSPS) is 10.4. The van der Waals surface area contributed by atoms with Gasteiger partial charge in [-0.25, -0.2) is 4.98 Å². The molecule has 0 aliphatic carbocycles. The van der Waals surface area contributed by atoms with Crippen molar-refractivity contribution < 1.29 is 4.92 Å². The van der Waals surface area contributed by atoms with Crippen molar-refractivity contribution in [3.63, 3.8) is 0 Å². The van der Waals surface area contributed by atoms with E-state index in [0.29, 0.717) is 12.4 Å². The molecule has 0 spiro atoms. The Morgan fingerprint density at radius 2 is 2.00 bits per heavy atom. The number of nitrogens with one attached hydrogen (secondary N) is 1. The summed E-state index contributed by atoms with van der Waals surface area (Å²) in [5.74, 6) is 0.423. The van der Waals surface area contributed by atoms with Crippen LogP contribution in [0.15, 0.2) is 35.1 Å². The maximum atomic E-state index is 11.9. The number of aromatic amines is 1. The second-order valence-electron chi connectivity index (χ2n) is 4.57. The summed E-state index contributed by atoms with van der Waals surface area (Å²) in [5, 5.41) is 11.2. The van der Waals surface area contributed by atoms with E-state index >= 15 is 0 Å². The molecule has 7 heteroatoms. The first-order chi connectivity index (χ1) is 10.0. The van der Waals surface area contributed by atoms with Gasteiger partial charge in [0.15, 0.2) is 0 Å². The van der Waals surface area contributed by atoms with Crippen LogP contribution >= 0.6 is 0 Å². The average molecular weight is 288 g/mol. The smallest absolute Gasteiger partial charge is 0.320 e. The lowest BCUT2D eigenvalue weighted by Crippen LogP contribution is -2.25. The van der Waals surface area contributed by atoms with E-state index in [0.717, 1.165) is 12.1 Å². The third-order valence-corrected chi connectivity index (χ3v) is 2.95. The second kappa shape index (κ2) is 6.17. The van der Waals surface area contributed by atoms with Gasteiger partial charge < -0.3 is 9.88 Å². The maximum absolute atomic E-state index is 11.9. The van der Waals surface area contributed by atoms with Crippen LogP contribution in [0.3, 0.4) is 0 Å². The van der Waals surface area contributed by atoms with E-state index in [4.69, 9.17) is 0 Å². The van der Waals surface area contributed by atoms with Gasteiger partial charge in [-0.2, -0.15) is 0 Å². The van der Waals surface area contributed by atoms with Crippen LogP contribution in [-0.4, -0.2) is 21.4 Å². The molecule has 110 valence electrons. The molecule has 0 saturated heterocycles. The summed E-state index contributed by atoms with van der Waals surface area (Å²) < 4.78 is 0. The van der Waals surface area contributed by atoms with Gasteiger partial charge in [0.2, 0.25) is 5.82 Å². The van der Waals surface area contributed by atoms with E-state index in [-0.39, 0.29) is 5.82 Å². The molecular weight excluding hydrogens is 272 g/mol. The molecule has 0 saturated carbocycles. The first-order valence-electron chi connectivity index (χ1n) is 6.62. The minimum Gasteiger partial charge on any atom is -0.320 e. The van der Waals surface area contributed by atoms with Gasteiger partial charge in [0.1, 0.15) is 5.82 Å². The van der Waals surface area contributed by atoms with Crippen molar-refractivity contribution in [2.45, 2.75) is 20.3 Å². The van der Waals surface area contributed by atoms with Crippen molar-refractivity contribution in [3.8, 4) is 0 Å². The Balaban J connectivity index is 2.66. The van der Waals surface area contributed by atoms with Crippen LogP contribution in [0, 0.1) is 17.0 Å². The molecule has 0 fully saturated rings. The number of aryl methyl sites for hydroxylation is 1. The quantitative estimate of drug-likeness (QED) is 0.674. The monoisotopic (exact) mass is 288 g/mol. The van der Waals surface area contributed by atoms with Gasteiger partial charge in [-0.1, -0.05) is 25.1 Å². The highest BCUT2D eigenvalue weighted by Crippen LogP contribution is 2.29. The number of H-pyrrole nitrogens is 1. The molecular formula is C14H16N4O3. The fraction of sp³-hybridized carbons (Fsp3) is 0.286. The van der Waals surface area contributed by atoms with E-state index in [2.05, 4.69) is 9.97 Å². The molecule has 0 radical (unpaired) electrons. The van der Waals surface area contributed by atoms with Crippen LogP contribution in [0.1, 0.15) is 19.2 Å². The predicted molar refractivity (Wildman–Crippen MR) is 80.0 cm³/mol. The average Bonchev–Trinajstić information content (AvgIpc) is 2.44. The summed E-state index contributed by atoms with van der Waals surface area (Å²) in [7, 11) is 0. The highest BCUT2D eigenvalue weighted by atomic mass is 16.6. The van der Waals surface area contributed by atoms with Gasteiger partial charge in [-0.05, 0) is 25.5 Å². The molecule has 1 aromatic carbocycles. The molecule has 1 N–H and O–H groups in total. The molecule has 1 heterocycles. The molecule has 0 aliphatic heterocycles. The molecule has 7 nitrogen and oxygen atoms in total. The summed E-state index contributed by atoms with van der Waals surface area (Å²) in [6.07, 6.45) is 0.763. The van der Waals surface area contributed by atoms with Crippen LogP contribution in [0.25, 0.3) is 0 Å². The summed E-state index contributed by atoms with van der Waals surface area (Å²) >= 11 is 0. The zero-order valence-electron chi connectivity index (χ0n) is 11.9. The van der Waals surface area contributed by atoms with Crippen molar-refractivity contribution in [1.29, 1.82) is 0 Å². The van der Waals surface area contributed by atoms with Gasteiger partial charge in [0.25, 0.3) is 0 Å². The van der Waals surface area contributed by atoms with E-state index in [1.165, 1.54) is 0 Å². The Labute approximate surface area is 121 Å². The standard InChI is InChI=1S/C14H16N4O3/c1-3-9-17(11-7-5-4-6-8-11)13-12(18(20)21)14(19)16-10(2)15-13/h4-8H,3,9H2,1-2H3,(H,15,16,19). The predicted octanol–water partition coefficient (Wildman–Crippen LogP) is 2.53. The Morgan fingerprint density at radius 3 is 2.57 bits per heavy atom. The SMILES string of the molecule is CCCN(c1ccccc1)c1nc(C)[nH]c(=O)c1[N+](=O)[O-]. The molecule has 0 amide bonds. The van der Waals surface area contributed by atoms with Crippen molar-refractivity contribution >= 4 is 17.2 Å². The zero-order chi connectivity index (χ0) is 15.4. The highest BCUT2D eigenvalue weighted by Gasteiger charge is 2.26. The minimum atomic E-state index is -0.737. The van der Waals surface area contributed by atoms with Gasteiger partial charge in [0.05, 0.1) is 4.92 Å². The van der Waals surface area contributed by atoms with Crippen molar-refractivity contribution in [2.75, 3.05) is 11.4 Å². The van der Waals surface area contributed by atoms with Gasteiger partial charge >= 0.3 is 11.2 Å². The summed E-state index contributed by atoms with van der Waals surface area (Å²) in [5.41, 5.74) is -0.502. The number of anilines is 2. The Bertz CT molecular complexity index is 697. The van der Waals surface area contributed by atoms with E-state index in [9.17, 15) is 14.9 Å². The van der Waals surface area contributed by atoms with E-state index < -0.39 is 16.2 Å². The van der Waals surface area contributed by atoms with Crippen LogP contribution < -0.4 is 10.5 Å². The Hall–Kier alpha value is -2.70. The topological polar surface area (TPSA) is 92.1 Å². The first-order valence-corrected chi connectivity index (χ1v) is 6.62. The molecule has 0 atom stereocenters. The number of nitro groups is 1. The largest absolute Gasteiger partial charge is 0.376 e. The molecule has 1 aromatic heterocycles. The molecule has 2 rings (SSSR count). The van der Waals surface area contributed by atoms with Crippen LogP contribution in [0.2, 0.25) is 0 Å². The van der Waals surface area contributed by atoms with E-state index in [1.807, 2.05) is 37.3 Å². The van der Waals surface area contributed by atoms with Gasteiger partial charge in [-0.3, -0.25) is 14.9 Å². The lowest BCUT2D eigenvalue weighted by atomic mass is 10.2. The Morgan fingerprint density at radius 1 is 1.33 bits per heavy atom. The number of hydrogen-bond acceptors (Lipinski definition) is 5. The minimum absolute atomic E-state index is 0.0781. The van der Waals surface area contributed by atoms with Crippen molar-refractivity contribution in [2.24, 2.45) is 0 Å². The lowest BCUT2D eigenvalue weighted by Gasteiger charge is -2.22. The highest BCUT2D eigenvalue weighted by molar-refractivity contribution is 5.67. The van der Waals surface area contributed by atoms with E-state index in [1.54, 1.807) is 11.8 Å². The van der Waals surface area contributed by atoms with Crippen molar-refractivity contribution in [1.82, 2.24) is 9.97 Å². The summed E-state index contributed by atoms with van der Waals surface area (Å²) in [6.45, 7) is 4.09. The number of aromatic nitrogens is 2. The number of nitrogens with zero attached hydrogens (tertiary/aromatic N) is 3. The number of rotatable bonds is 5. The second-order valence-corrected chi connectivity index (χ2v) is 4.57. The number of para-hydroxylation sites is 1. The van der Waals surface area contributed by atoms with Gasteiger partial charge in [-0.15, -0.1) is 0 Å². The maximum Gasteiger partial charge on any atom is 0.376 e. The fourth-order valence-corrected chi connectivity index (χ4v) is 2.11. The lowest BCUT2D eigenvalue weighted by molar-refractivity contribution is -0.385. The zero-order valence-corrected chi connectivity index (χ0v) is 11.9. The van der Waals surface area contributed by atoms with Gasteiger partial charge in [0, 0.05) is 12.2 Å². The molecule has 0 bridgehead atoms. The third kappa shape index (κ3) is 3.07.